The Labute approximate surface area is 173 Å². The third kappa shape index (κ3) is 3.80. The Kier molecular flexibility index (Phi) is 5.31. The first-order chi connectivity index (χ1) is 14.6. The van der Waals surface area contributed by atoms with Gasteiger partial charge in [-0.25, -0.2) is 0 Å². The molecule has 7 heteroatoms. The molecular weight excluding hydrogens is 380 g/mol. The summed E-state index contributed by atoms with van der Waals surface area (Å²) in [6.07, 6.45) is 5.52. The molecule has 0 atom stereocenters. The summed E-state index contributed by atoms with van der Waals surface area (Å²) in [5, 5.41) is 21.4. The SMILES string of the molecule is N#C/C(=C\c1cn(Cc2ccc([N+](=O)[O-])cc2)c2ccccc12)C(=O)N1CCCC1. The number of nitro benzene ring substituents is 1. The number of carbonyl (C=O) groups excluding carboxylic acids is 1. The highest BCUT2D eigenvalue weighted by atomic mass is 16.6. The molecule has 3 aromatic rings. The molecule has 0 N–H and O–H groups in total. The number of fused-ring (bicyclic) bond motifs is 1. The molecule has 1 saturated heterocycles. The topological polar surface area (TPSA) is 92.2 Å². The van der Waals surface area contributed by atoms with Gasteiger partial charge in [0.05, 0.1) is 4.92 Å². The Hall–Kier alpha value is -3.92. The van der Waals surface area contributed by atoms with Crippen LogP contribution in [0.1, 0.15) is 24.0 Å². The van der Waals surface area contributed by atoms with Crippen LogP contribution in [0.3, 0.4) is 0 Å². The van der Waals surface area contributed by atoms with Crippen LogP contribution >= 0.6 is 0 Å². The van der Waals surface area contributed by atoms with Gasteiger partial charge < -0.3 is 9.47 Å². The number of hydrogen-bond donors (Lipinski definition) is 0. The molecule has 2 heterocycles. The number of carbonyl (C=O) groups is 1. The second-order valence-electron chi connectivity index (χ2n) is 7.32. The van der Waals surface area contributed by atoms with E-state index < -0.39 is 4.92 Å². The van der Waals surface area contributed by atoms with Crippen LogP contribution in [0.4, 0.5) is 5.69 Å². The summed E-state index contributed by atoms with van der Waals surface area (Å²) in [4.78, 5) is 24.9. The fourth-order valence-corrected chi connectivity index (χ4v) is 3.83. The van der Waals surface area contributed by atoms with Crippen molar-refractivity contribution in [1.29, 1.82) is 5.26 Å². The highest BCUT2D eigenvalue weighted by molar-refractivity contribution is 6.04. The van der Waals surface area contributed by atoms with Crippen LogP contribution in [-0.2, 0) is 11.3 Å². The molecule has 0 saturated carbocycles. The van der Waals surface area contributed by atoms with E-state index in [0.717, 1.165) is 34.9 Å². The molecule has 1 fully saturated rings. The zero-order valence-electron chi connectivity index (χ0n) is 16.3. The molecule has 0 spiro atoms. The lowest BCUT2D eigenvalue weighted by Crippen LogP contribution is -2.28. The molecule has 0 unspecified atom stereocenters. The van der Waals surface area contributed by atoms with Crippen LogP contribution in [0.2, 0.25) is 0 Å². The van der Waals surface area contributed by atoms with E-state index in [0.29, 0.717) is 19.6 Å². The van der Waals surface area contributed by atoms with Gasteiger partial charge in [0.25, 0.3) is 11.6 Å². The lowest BCUT2D eigenvalue weighted by atomic mass is 10.1. The Morgan fingerprint density at radius 1 is 1.13 bits per heavy atom. The van der Waals surface area contributed by atoms with E-state index >= 15 is 0 Å². The summed E-state index contributed by atoms with van der Waals surface area (Å²) in [5.41, 5.74) is 2.88. The van der Waals surface area contributed by atoms with Crippen molar-refractivity contribution in [2.24, 2.45) is 0 Å². The van der Waals surface area contributed by atoms with Crippen molar-refractivity contribution in [3.8, 4) is 6.07 Å². The van der Waals surface area contributed by atoms with E-state index in [9.17, 15) is 20.2 Å². The average Bonchev–Trinajstić information content (AvgIpc) is 3.41. The average molecular weight is 400 g/mol. The molecule has 4 rings (SSSR count). The second-order valence-corrected chi connectivity index (χ2v) is 7.32. The molecule has 0 aliphatic carbocycles. The third-order valence-electron chi connectivity index (χ3n) is 5.36. The van der Waals surface area contributed by atoms with Gasteiger partial charge in [-0.05, 0) is 30.5 Å². The zero-order chi connectivity index (χ0) is 21.1. The first kappa shape index (κ1) is 19.4. The second kappa shape index (κ2) is 8.21. The van der Waals surface area contributed by atoms with Crippen molar-refractivity contribution in [3.05, 3.63) is 81.5 Å². The summed E-state index contributed by atoms with van der Waals surface area (Å²) in [5.74, 6) is -0.220. The molecule has 7 nitrogen and oxygen atoms in total. The molecule has 1 aliphatic rings. The first-order valence-corrected chi connectivity index (χ1v) is 9.79. The minimum atomic E-state index is -0.418. The van der Waals surface area contributed by atoms with E-state index in [1.807, 2.05) is 35.0 Å². The van der Waals surface area contributed by atoms with E-state index in [2.05, 4.69) is 6.07 Å². The lowest BCUT2D eigenvalue weighted by molar-refractivity contribution is -0.384. The van der Waals surface area contributed by atoms with Gasteiger partial charge in [0.15, 0.2) is 0 Å². The monoisotopic (exact) mass is 400 g/mol. The number of aromatic nitrogens is 1. The number of hydrogen-bond acceptors (Lipinski definition) is 4. The van der Waals surface area contributed by atoms with Crippen molar-refractivity contribution in [3.63, 3.8) is 0 Å². The molecule has 0 bridgehead atoms. The number of nitrogens with zero attached hydrogens (tertiary/aromatic N) is 4. The molecular formula is C23H20N4O3. The van der Waals surface area contributed by atoms with Gasteiger partial charge in [0, 0.05) is 54.4 Å². The highest BCUT2D eigenvalue weighted by Crippen LogP contribution is 2.25. The Bertz CT molecular complexity index is 1180. The maximum absolute atomic E-state index is 12.7. The van der Waals surface area contributed by atoms with Crippen molar-refractivity contribution < 1.29 is 9.72 Å². The highest BCUT2D eigenvalue weighted by Gasteiger charge is 2.22. The van der Waals surface area contributed by atoms with Crippen LogP contribution in [0.25, 0.3) is 17.0 Å². The number of amides is 1. The van der Waals surface area contributed by atoms with Gasteiger partial charge in [0.2, 0.25) is 0 Å². The Morgan fingerprint density at radius 3 is 2.50 bits per heavy atom. The molecule has 0 radical (unpaired) electrons. The quantitative estimate of drug-likeness (QED) is 0.279. The number of para-hydroxylation sites is 1. The minimum absolute atomic E-state index is 0.0545. The predicted octanol–water partition coefficient (Wildman–Crippen LogP) is 4.13. The van der Waals surface area contributed by atoms with E-state index in [1.165, 1.54) is 12.1 Å². The molecule has 1 aromatic heterocycles. The Morgan fingerprint density at radius 2 is 1.83 bits per heavy atom. The molecule has 1 aliphatic heterocycles. The van der Waals surface area contributed by atoms with E-state index in [4.69, 9.17) is 0 Å². The largest absolute Gasteiger partial charge is 0.342 e. The first-order valence-electron chi connectivity index (χ1n) is 9.79. The molecule has 1 amide bonds. The van der Waals surface area contributed by atoms with Gasteiger partial charge >= 0.3 is 0 Å². The summed E-state index contributed by atoms with van der Waals surface area (Å²) in [6, 6.07) is 16.3. The third-order valence-corrected chi connectivity index (χ3v) is 5.36. The van der Waals surface area contributed by atoms with Crippen LogP contribution in [0.15, 0.2) is 60.3 Å². The normalized spacial score (nSPS) is 14.1. The van der Waals surface area contributed by atoms with E-state index in [-0.39, 0.29) is 17.2 Å². The summed E-state index contributed by atoms with van der Waals surface area (Å²) in [7, 11) is 0. The smallest absolute Gasteiger partial charge is 0.269 e. The van der Waals surface area contributed by atoms with Gasteiger partial charge in [0.1, 0.15) is 11.6 Å². The zero-order valence-corrected chi connectivity index (χ0v) is 16.3. The van der Waals surface area contributed by atoms with Gasteiger partial charge in [-0.2, -0.15) is 5.26 Å². The number of non-ortho nitro benzene ring substituents is 1. The fourth-order valence-electron chi connectivity index (χ4n) is 3.83. The molecule has 150 valence electrons. The van der Waals surface area contributed by atoms with Crippen molar-refractivity contribution >= 4 is 28.6 Å². The molecule has 30 heavy (non-hydrogen) atoms. The predicted molar refractivity (Wildman–Crippen MR) is 114 cm³/mol. The lowest BCUT2D eigenvalue weighted by Gasteiger charge is -2.13. The maximum atomic E-state index is 12.7. The van der Waals surface area contributed by atoms with Gasteiger partial charge in [-0.1, -0.05) is 30.3 Å². The number of nitro groups is 1. The summed E-state index contributed by atoms with van der Waals surface area (Å²) in [6.45, 7) is 1.91. The number of rotatable bonds is 5. The van der Waals surface area contributed by atoms with Crippen molar-refractivity contribution in [2.75, 3.05) is 13.1 Å². The van der Waals surface area contributed by atoms with Crippen LogP contribution < -0.4 is 0 Å². The Balaban J connectivity index is 1.69. The summed E-state index contributed by atoms with van der Waals surface area (Å²) < 4.78 is 2.03. The van der Waals surface area contributed by atoms with Crippen LogP contribution in [0.5, 0.6) is 0 Å². The van der Waals surface area contributed by atoms with Gasteiger partial charge in [-0.15, -0.1) is 0 Å². The fraction of sp³-hybridized carbons (Fsp3) is 0.217. The van der Waals surface area contributed by atoms with Gasteiger partial charge in [-0.3, -0.25) is 14.9 Å². The van der Waals surface area contributed by atoms with Crippen LogP contribution in [-0.4, -0.2) is 33.4 Å². The number of likely N-dealkylation sites (tertiary alicyclic amines) is 1. The van der Waals surface area contributed by atoms with E-state index in [1.54, 1.807) is 23.1 Å². The number of benzene rings is 2. The van der Waals surface area contributed by atoms with Crippen molar-refractivity contribution in [2.45, 2.75) is 19.4 Å². The maximum Gasteiger partial charge on any atom is 0.269 e. The van der Waals surface area contributed by atoms with Crippen LogP contribution in [0, 0.1) is 21.4 Å². The molecule has 2 aromatic carbocycles. The summed E-state index contributed by atoms with van der Waals surface area (Å²) >= 11 is 0. The number of nitriles is 1. The minimum Gasteiger partial charge on any atom is -0.342 e. The standard InChI is InChI=1S/C23H20N4O3/c24-14-18(23(28)25-11-3-4-12-25)13-19-16-26(22-6-2-1-5-21(19)22)15-17-7-9-20(10-8-17)27(29)30/h1-2,5-10,13,16H,3-4,11-12,15H2/b18-13+. The van der Waals surface area contributed by atoms with Crippen molar-refractivity contribution in [1.82, 2.24) is 9.47 Å².